The molecule has 1 aromatic carbocycles. The normalized spacial score (nSPS) is 21.5. The van der Waals surface area contributed by atoms with Gasteiger partial charge in [0.2, 0.25) is 0 Å². The van der Waals surface area contributed by atoms with Crippen LogP contribution in [0.15, 0.2) is 30.3 Å². The second-order valence-corrected chi connectivity index (χ2v) is 8.03. The summed E-state index contributed by atoms with van der Waals surface area (Å²) in [7, 11) is 0. The number of amides is 3. The fraction of sp³-hybridized carbons (Fsp3) is 0.316. The second kappa shape index (κ2) is 5.95. The van der Waals surface area contributed by atoms with Crippen LogP contribution in [0.1, 0.15) is 32.1 Å². The summed E-state index contributed by atoms with van der Waals surface area (Å²) in [5.41, 5.74) is 0.0646. The molecule has 0 saturated carbocycles. The average molecular weight is 370 g/mol. The van der Waals surface area contributed by atoms with E-state index in [0.29, 0.717) is 29.9 Å². The summed E-state index contributed by atoms with van der Waals surface area (Å²) in [6.07, 6.45) is 0.343. The van der Waals surface area contributed by atoms with Gasteiger partial charge in [-0.2, -0.15) is 0 Å². The molecule has 3 heterocycles. The summed E-state index contributed by atoms with van der Waals surface area (Å²) in [6, 6.07) is 8.46. The zero-order chi connectivity index (χ0) is 18.5. The first kappa shape index (κ1) is 16.8. The quantitative estimate of drug-likeness (QED) is 0.666. The van der Waals surface area contributed by atoms with E-state index in [1.54, 1.807) is 24.3 Å². The molecule has 1 atom stereocenters. The lowest BCUT2D eigenvalue weighted by Gasteiger charge is -2.33. The first-order valence-electron chi connectivity index (χ1n) is 8.39. The van der Waals surface area contributed by atoms with Crippen LogP contribution in [0.2, 0.25) is 0 Å². The fourth-order valence-corrected chi connectivity index (χ4v) is 4.59. The van der Waals surface area contributed by atoms with Crippen molar-refractivity contribution in [3.05, 3.63) is 51.2 Å². The number of rotatable bonds is 3. The van der Waals surface area contributed by atoms with E-state index in [1.165, 1.54) is 11.3 Å². The smallest absolute Gasteiger partial charge is 0.325 e. The number of benzene rings is 1. The molecule has 6 nitrogen and oxygen atoms in total. The van der Waals surface area contributed by atoms with Gasteiger partial charge < -0.3 is 10.1 Å². The third kappa shape index (κ3) is 2.42. The highest BCUT2D eigenvalue weighted by Gasteiger charge is 2.55. The molecule has 0 bridgehead atoms. The first-order chi connectivity index (χ1) is 12.4. The largest absolute Gasteiger partial charge is 0.493 e. The number of hydrogen-bond acceptors (Lipinski definition) is 5. The Morgan fingerprint density at radius 1 is 1.31 bits per heavy atom. The molecule has 2 aromatic rings. The van der Waals surface area contributed by atoms with Crippen LogP contribution in [0.25, 0.3) is 0 Å². The van der Waals surface area contributed by atoms with Crippen molar-refractivity contribution in [1.82, 2.24) is 10.2 Å². The van der Waals surface area contributed by atoms with E-state index in [2.05, 4.69) is 5.32 Å². The average Bonchev–Trinajstić information content (AvgIpc) is 3.07. The number of urea groups is 1. The summed E-state index contributed by atoms with van der Waals surface area (Å²) in [4.78, 5) is 41.3. The molecule has 1 spiro atoms. The van der Waals surface area contributed by atoms with Crippen molar-refractivity contribution in [2.24, 2.45) is 0 Å². The molecule has 134 valence electrons. The Morgan fingerprint density at radius 2 is 2.08 bits per heavy atom. The minimum Gasteiger partial charge on any atom is -0.493 e. The van der Waals surface area contributed by atoms with E-state index in [9.17, 15) is 14.4 Å². The topological polar surface area (TPSA) is 75.7 Å². The number of imide groups is 1. The number of para-hydroxylation sites is 1. The number of nitrogens with zero attached hydrogens (tertiary/aromatic N) is 1. The Labute approximate surface area is 154 Å². The highest BCUT2D eigenvalue weighted by Crippen LogP contribution is 2.41. The fourth-order valence-electron chi connectivity index (χ4n) is 3.65. The number of aryl methyl sites for hydroxylation is 2. The van der Waals surface area contributed by atoms with E-state index in [4.69, 9.17) is 4.74 Å². The van der Waals surface area contributed by atoms with Gasteiger partial charge in [-0.1, -0.05) is 18.2 Å². The highest BCUT2D eigenvalue weighted by molar-refractivity contribution is 7.12. The number of carbonyl (C=O) groups excluding carboxylic acids is 3. The molecule has 26 heavy (non-hydrogen) atoms. The van der Waals surface area contributed by atoms with Crippen molar-refractivity contribution >= 4 is 29.1 Å². The third-order valence-corrected chi connectivity index (χ3v) is 5.87. The van der Waals surface area contributed by atoms with Crippen molar-refractivity contribution in [2.45, 2.75) is 25.8 Å². The molecule has 2 aliphatic rings. The molecule has 2 aliphatic heterocycles. The van der Waals surface area contributed by atoms with Gasteiger partial charge in [0.1, 0.15) is 5.75 Å². The maximum absolute atomic E-state index is 13.1. The number of Topliss-reactive ketones (excluding diaryl/α,β-unsaturated/α-hetero) is 1. The van der Waals surface area contributed by atoms with Crippen LogP contribution in [0.5, 0.6) is 5.75 Å². The Kier molecular flexibility index (Phi) is 3.84. The minimum absolute atomic E-state index is 0.229. The Morgan fingerprint density at radius 3 is 2.81 bits per heavy atom. The molecule has 1 aromatic heterocycles. The van der Waals surface area contributed by atoms with Gasteiger partial charge >= 0.3 is 6.03 Å². The molecular formula is C19H18N2O4S. The highest BCUT2D eigenvalue weighted by atomic mass is 32.1. The van der Waals surface area contributed by atoms with Gasteiger partial charge in [0.25, 0.3) is 5.91 Å². The van der Waals surface area contributed by atoms with E-state index in [-0.39, 0.29) is 12.3 Å². The van der Waals surface area contributed by atoms with E-state index in [0.717, 1.165) is 14.7 Å². The molecule has 1 fully saturated rings. The van der Waals surface area contributed by atoms with Crippen molar-refractivity contribution in [1.29, 1.82) is 0 Å². The summed E-state index contributed by atoms with van der Waals surface area (Å²) in [5.74, 6) is -0.0335. The molecule has 0 aliphatic carbocycles. The number of ketones is 1. The molecule has 3 amide bonds. The minimum atomic E-state index is -1.15. The monoisotopic (exact) mass is 370 g/mol. The summed E-state index contributed by atoms with van der Waals surface area (Å²) in [5, 5.41) is 2.81. The Hall–Kier alpha value is -2.67. The predicted octanol–water partition coefficient (Wildman–Crippen LogP) is 2.78. The molecule has 4 rings (SSSR count). The number of hydrogen-bond donors (Lipinski definition) is 1. The Bertz CT molecular complexity index is 935. The van der Waals surface area contributed by atoms with Crippen molar-refractivity contribution in [2.75, 3.05) is 13.2 Å². The lowest BCUT2D eigenvalue weighted by atomic mass is 9.84. The van der Waals surface area contributed by atoms with Crippen molar-refractivity contribution < 1.29 is 19.1 Å². The SMILES string of the molecule is Cc1cc(C(=O)CN2C(=O)N[C@@]3(CCOc4ccccc43)C2=O)c(C)s1. The van der Waals surface area contributed by atoms with Crippen molar-refractivity contribution in [3.63, 3.8) is 0 Å². The predicted molar refractivity (Wildman–Crippen MR) is 96.6 cm³/mol. The number of ether oxygens (including phenoxy) is 1. The van der Waals surface area contributed by atoms with Gasteiger partial charge in [-0.25, -0.2) is 4.79 Å². The Balaban J connectivity index is 1.65. The van der Waals surface area contributed by atoms with Crippen LogP contribution < -0.4 is 10.1 Å². The standard InChI is InChI=1S/C19H18N2O4S/c1-11-9-13(12(2)26-11)15(22)10-21-17(23)19(20-18(21)24)7-8-25-16-6-4-3-5-14(16)19/h3-6,9H,7-8,10H2,1-2H3,(H,20,24)/t19-/m1/s1. The number of carbonyl (C=O) groups is 3. The molecule has 1 N–H and O–H groups in total. The van der Waals surface area contributed by atoms with Gasteiger partial charge in [0.15, 0.2) is 11.3 Å². The van der Waals surface area contributed by atoms with Crippen LogP contribution in [-0.2, 0) is 10.3 Å². The van der Waals surface area contributed by atoms with E-state index < -0.39 is 17.5 Å². The van der Waals surface area contributed by atoms with Crippen LogP contribution in [0, 0.1) is 13.8 Å². The maximum Gasteiger partial charge on any atom is 0.325 e. The zero-order valence-electron chi connectivity index (χ0n) is 14.5. The van der Waals surface area contributed by atoms with Crippen LogP contribution in [-0.4, -0.2) is 35.8 Å². The van der Waals surface area contributed by atoms with Gasteiger partial charge in [0.05, 0.1) is 13.2 Å². The van der Waals surface area contributed by atoms with Crippen LogP contribution >= 0.6 is 11.3 Å². The van der Waals surface area contributed by atoms with Gasteiger partial charge in [-0.05, 0) is 26.0 Å². The van der Waals surface area contributed by atoms with Gasteiger partial charge in [-0.15, -0.1) is 11.3 Å². The molecular weight excluding hydrogens is 352 g/mol. The molecule has 0 unspecified atom stereocenters. The second-order valence-electron chi connectivity index (χ2n) is 6.57. The lowest BCUT2D eigenvalue weighted by molar-refractivity contribution is -0.132. The number of fused-ring (bicyclic) bond motifs is 2. The van der Waals surface area contributed by atoms with Gasteiger partial charge in [-0.3, -0.25) is 14.5 Å². The van der Waals surface area contributed by atoms with E-state index >= 15 is 0 Å². The first-order valence-corrected chi connectivity index (χ1v) is 9.21. The van der Waals surface area contributed by atoms with Crippen molar-refractivity contribution in [3.8, 4) is 5.75 Å². The summed E-state index contributed by atoms with van der Waals surface area (Å²) in [6.45, 7) is 3.86. The summed E-state index contributed by atoms with van der Waals surface area (Å²) < 4.78 is 5.61. The number of thiophene rings is 1. The molecule has 0 radical (unpaired) electrons. The van der Waals surface area contributed by atoms with Crippen LogP contribution in [0.3, 0.4) is 0 Å². The number of nitrogens with one attached hydrogen (secondary N) is 1. The third-order valence-electron chi connectivity index (χ3n) is 4.90. The van der Waals surface area contributed by atoms with Gasteiger partial charge in [0, 0.05) is 27.3 Å². The lowest BCUT2D eigenvalue weighted by Crippen LogP contribution is -2.47. The molecule has 7 heteroatoms. The zero-order valence-corrected chi connectivity index (χ0v) is 15.3. The maximum atomic E-state index is 13.1. The van der Waals surface area contributed by atoms with E-state index in [1.807, 2.05) is 19.9 Å². The van der Waals surface area contributed by atoms with Crippen LogP contribution in [0.4, 0.5) is 4.79 Å². The summed E-state index contributed by atoms with van der Waals surface area (Å²) >= 11 is 1.53. The molecule has 1 saturated heterocycles.